The minimum absolute atomic E-state index is 0.00294. The van der Waals surface area contributed by atoms with Crippen molar-refractivity contribution in [3.8, 4) is 11.1 Å². The van der Waals surface area contributed by atoms with Gasteiger partial charge in [0, 0.05) is 25.4 Å². The second kappa shape index (κ2) is 10.1. The number of rotatable bonds is 7. The molecule has 2 aliphatic carbocycles. The van der Waals surface area contributed by atoms with E-state index in [2.05, 4.69) is 29.6 Å². The number of nitrogens with zero attached hydrogens (tertiary/aromatic N) is 1. The van der Waals surface area contributed by atoms with Gasteiger partial charge in [0.05, 0.1) is 0 Å². The Morgan fingerprint density at radius 3 is 2.24 bits per heavy atom. The molecular formula is C26H30N2O5. The molecule has 1 fully saturated rings. The van der Waals surface area contributed by atoms with Crippen LogP contribution in [0.3, 0.4) is 0 Å². The number of ether oxygens (including phenoxy) is 1. The topological polar surface area (TPSA) is 95.9 Å². The molecule has 4 rings (SSSR count). The van der Waals surface area contributed by atoms with Crippen LogP contribution in [0.4, 0.5) is 4.79 Å². The van der Waals surface area contributed by atoms with Crippen molar-refractivity contribution in [1.82, 2.24) is 10.2 Å². The zero-order chi connectivity index (χ0) is 23.4. The summed E-state index contributed by atoms with van der Waals surface area (Å²) in [5.74, 6) is -1.51. The highest BCUT2D eigenvalue weighted by atomic mass is 16.5. The highest BCUT2D eigenvalue weighted by Crippen LogP contribution is 2.44. The monoisotopic (exact) mass is 450 g/mol. The molecule has 0 saturated heterocycles. The van der Waals surface area contributed by atoms with Crippen molar-refractivity contribution in [2.45, 2.75) is 31.6 Å². The molecule has 33 heavy (non-hydrogen) atoms. The molecule has 1 saturated carbocycles. The van der Waals surface area contributed by atoms with Crippen molar-refractivity contribution in [1.29, 1.82) is 0 Å². The van der Waals surface area contributed by atoms with E-state index in [1.54, 1.807) is 0 Å². The standard InChI is InChI=1S/C26H30N2O5/c1-28(15-24(29)30)25(31)18-9-3-2-8-17(18)14-27-26(32)33-16-23-21-12-6-4-10-19(21)20-11-5-7-13-22(20)23/h4-7,10-13,17-18,23H,2-3,8-9,14-16H2,1H3,(H,27,32)(H,29,30)/t17-,18-/m1/s1. The van der Waals surface area contributed by atoms with Crippen LogP contribution in [0.1, 0.15) is 42.7 Å². The van der Waals surface area contributed by atoms with Gasteiger partial charge in [-0.2, -0.15) is 0 Å². The Bertz CT molecular complexity index is 991. The van der Waals surface area contributed by atoms with E-state index in [9.17, 15) is 14.4 Å². The molecule has 7 heteroatoms. The lowest BCUT2D eigenvalue weighted by molar-refractivity contribution is -0.146. The Kier molecular flexibility index (Phi) is 6.96. The molecule has 0 spiro atoms. The molecule has 2 aromatic rings. The number of hydrogen-bond acceptors (Lipinski definition) is 4. The Hall–Kier alpha value is -3.35. The fourth-order valence-electron chi connectivity index (χ4n) is 5.20. The van der Waals surface area contributed by atoms with Crippen LogP contribution in [0.25, 0.3) is 11.1 Å². The van der Waals surface area contributed by atoms with Crippen LogP contribution < -0.4 is 5.32 Å². The van der Waals surface area contributed by atoms with Crippen LogP contribution in [0.2, 0.25) is 0 Å². The van der Waals surface area contributed by atoms with Gasteiger partial charge in [-0.3, -0.25) is 9.59 Å². The van der Waals surface area contributed by atoms with Gasteiger partial charge in [0.2, 0.25) is 5.91 Å². The summed E-state index contributed by atoms with van der Waals surface area (Å²) in [7, 11) is 1.51. The Balaban J connectivity index is 1.34. The van der Waals surface area contributed by atoms with E-state index < -0.39 is 12.1 Å². The number of fused-ring (bicyclic) bond motifs is 3. The van der Waals surface area contributed by atoms with Crippen molar-refractivity contribution in [2.24, 2.45) is 11.8 Å². The predicted molar refractivity (Wildman–Crippen MR) is 124 cm³/mol. The zero-order valence-corrected chi connectivity index (χ0v) is 18.8. The summed E-state index contributed by atoms with van der Waals surface area (Å²) in [6.07, 6.45) is 2.95. The van der Waals surface area contributed by atoms with Crippen molar-refractivity contribution < 1.29 is 24.2 Å². The van der Waals surface area contributed by atoms with Gasteiger partial charge >= 0.3 is 12.1 Å². The second-order valence-corrected chi connectivity index (χ2v) is 8.95. The van der Waals surface area contributed by atoms with E-state index in [1.165, 1.54) is 23.1 Å². The maximum atomic E-state index is 12.7. The molecule has 0 aromatic heterocycles. The number of nitrogens with one attached hydrogen (secondary N) is 1. The molecule has 0 radical (unpaired) electrons. The predicted octanol–water partition coefficient (Wildman–Crippen LogP) is 3.87. The number of alkyl carbamates (subject to hydrolysis) is 1. The lowest BCUT2D eigenvalue weighted by Gasteiger charge is -2.33. The van der Waals surface area contributed by atoms with Crippen LogP contribution in [-0.2, 0) is 14.3 Å². The third-order valence-electron chi connectivity index (χ3n) is 6.83. The van der Waals surface area contributed by atoms with Gasteiger partial charge in [-0.1, -0.05) is 61.4 Å². The number of amides is 2. The van der Waals surface area contributed by atoms with Crippen LogP contribution in [-0.4, -0.2) is 54.7 Å². The zero-order valence-electron chi connectivity index (χ0n) is 18.8. The molecule has 2 aliphatic rings. The first-order valence-electron chi connectivity index (χ1n) is 11.5. The number of carbonyl (C=O) groups is 3. The van der Waals surface area contributed by atoms with E-state index in [4.69, 9.17) is 9.84 Å². The normalized spacial score (nSPS) is 19.3. The quantitative estimate of drug-likeness (QED) is 0.668. The number of carboxylic acids is 1. The second-order valence-electron chi connectivity index (χ2n) is 8.95. The molecule has 174 valence electrons. The van der Waals surface area contributed by atoms with Gasteiger partial charge in [0.15, 0.2) is 0 Å². The van der Waals surface area contributed by atoms with E-state index in [-0.39, 0.29) is 36.8 Å². The third kappa shape index (κ3) is 5.02. The van der Waals surface area contributed by atoms with E-state index in [0.717, 1.165) is 30.4 Å². The summed E-state index contributed by atoms with van der Waals surface area (Å²) in [6.45, 7) is 0.268. The van der Waals surface area contributed by atoms with Gasteiger partial charge in [-0.05, 0) is 41.0 Å². The number of carboxylic acid groups (broad SMARTS) is 1. The molecule has 2 N–H and O–H groups in total. The molecular weight excluding hydrogens is 420 g/mol. The Labute approximate surface area is 193 Å². The van der Waals surface area contributed by atoms with Crippen LogP contribution in [0, 0.1) is 11.8 Å². The molecule has 7 nitrogen and oxygen atoms in total. The Morgan fingerprint density at radius 2 is 1.61 bits per heavy atom. The molecule has 2 amide bonds. The summed E-state index contributed by atoms with van der Waals surface area (Å²) >= 11 is 0. The molecule has 0 bridgehead atoms. The molecule has 2 atom stereocenters. The third-order valence-corrected chi connectivity index (χ3v) is 6.83. The first-order chi connectivity index (χ1) is 16.0. The van der Waals surface area contributed by atoms with Gasteiger partial charge < -0.3 is 20.1 Å². The van der Waals surface area contributed by atoms with Crippen LogP contribution >= 0.6 is 0 Å². The Morgan fingerprint density at radius 1 is 1.00 bits per heavy atom. The average Bonchev–Trinajstić information content (AvgIpc) is 3.14. The first-order valence-corrected chi connectivity index (χ1v) is 11.5. The molecule has 2 aromatic carbocycles. The van der Waals surface area contributed by atoms with E-state index in [0.29, 0.717) is 13.0 Å². The highest BCUT2D eigenvalue weighted by molar-refractivity contribution is 5.83. The lowest BCUT2D eigenvalue weighted by atomic mass is 9.78. The molecule has 0 heterocycles. The summed E-state index contributed by atoms with van der Waals surface area (Å²) in [6, 6.07) is 16.4. The number of aliphatic carboxylic acids is 1. The molecule has 0 aliphatic heterocycles. The van der Waals surface area contributed by atoms with Crippen molar-refractivity contribution in [2.75, 3.05) is 26.7 Å². The lowest BCUT2D eigenvalue weighted by Crippen LogP contribution is -2.44. The average molecular weight is 451 g/mol. The van der Waals surface area contributed by atoms with Crippen molar-refractivity contribution in [3.63, 3.8) is 0 Å². The van der Waals surface area contributed by atoms with Gasteiger partial charge in [-0.15, -0.1) is 0 Å². The van der Waals surface area contributed by atoms with Crippen molar-refractivity contribution in [3.05, 3.63) is 59.7 Å². The fraction of sp³-hybridized carbons (Fsp3) is 0.423. The van der Waals surface area contributed by atoms with Crippen LogP contribution in [0.15, 0.2) is 48.5 Å². The number of carbonyl (C=O) groups excluding carboxylic acids is 2. The SMILES string of the molecule is CN(CC(=O)O)C(=O)[C@@H]1CCCC[C@@H]1CNC(=O)OCC1c2ccccc2-c2ccccc21. The smallest absolute Gasteiger partial charge is 0.407 e. The summed E-state index contributed by atoms with van der Waals surface area (Å²) in [5.41, 5.74) is 4.67. The van der Waals surface area contributed by atoms with E-state index in [1.807, 2.05) is 24.3 Å². The van der Waals surface area contributed by atoms with Gasteiger partial charge in [0.25, 0.3) is 0 Å². The molecule has 0 unspecified atom stereocenters. The summed E-state index contributed by atoms with van der Waals surface area (Å²) in [4.78, 5) is 37.5. The van der Waals surface area contributed by atoms with Crippen molar-refractivity contribution >= 4 is 18.0 Å². The number of likely N-dealkylation sites (N-methyl/N-ethyl adjacent to an activating group) is 1. The minimum Gasteiger partial charge on any atom is -0.480 e. The van der Waals surface area contributed by atoms with Gasteiger partial charge in [-0.25, -0.2) is 4.79 Å². The maximum absolute atomic E-state index is 12.7. The highest BCUT2D eigenvalue weighted by Gasteiger charge is 2.34. The van der Waals surface area contributed by atoms with E-state index >= 15 is 0 Å². The largest absolute Gasteiger partial charge is 0.480 e. The minimum atomic E-state index is -1.03. The fourth-order valence-corrected chi connectivity index (χ4v) is 5.20. The van der Waals surface area contributed by atoms with Gasteiger partial charge in [0.1, 0.15) is 13.2 Å². The number of hydrogen-bond donors (Lipinski definition) is 2. The summed E-state index contributed by atoms with van der Waals surface area (Å²) < 4.78 is 5.60. The first kappa shape index (κ1) is 22.8. The van der Waals surface area contributed by atoms with Crippen LogP contribution in [0.5, 0.6) is 0 Å². The number of benzene rings is 2. The maximum Gasteiger partial charge on any atom is 0.407 e. The summed E-state index contributed by atoms with van der Waals surface area (Å²) in [5, 5.41) is 11.8.